The zero-order valence-electron chi connectivity index (χ0n) is 19.9. The van der Waals surface area contributed by atoms with Crippen molar-refractivity contribution >= 4 is 6.29 Å². The van der Waals surface area contributed by atoms with E-state index in [-0.39, 0.29) is 40.8 Å². The fraction of sp³-hybridized carbons (Fsp3) is 0.286. The van der Waals surface area contributed by atoms with Crippen molar-refractivity contribution in [2.24, 2.45) is 11.8 Å². The van der Waals surface area contributed by atoms with Crippen molar-refractivity contribution in [3.05, 3.63) is 101 Å². The molecule has 1 aromatic heterocycles. The average molecular weight is 502 g/mol. The van der Waals surface area contributed by atoms with Crippen LogP contribution in [0.15, 0.2) is 67.4 Å². The summed E-state index contributed by atoms with van der Waals surface area (Å²) in [6, 6.07) is 11.1. The van der Waals surface area contributed by atoms with Crippen LogP contribution in [0.4, 0.5) is 17.6 Å². The van der Waals surface area contributed by atoms with Crippen molar-refractivity contribution in [2.45, 2.75) is 31.9 Å². The molecule has 8 heteroatoms. The number of carbonyl (C=O) groups is 1. The lowest BCUT2D eigenvalue weighted by atomic mass is 9.73. The first-order chi connectivity index (χ1) is 17.1. The largest absolute Gasteiger partial charge is 0.503 e. The first-order valence-corrected chi connectivity index (χ1v) is 11.3. The van der Waals surface area contributed by atoms with Crippen molar-refractivity contribution in [1.29, 1.82) is 0 Å². The number of hydrogen-bond acceptors (Lipinski definition) is 4. The molecule has 36 heavy (non-hydrogen) atoms. The van der Waals surface area contributed by atoms with E-state index in [1.54, 1.807) is 18.2 Å². The van der Waals surface area contributed by atoms with Gasteiger partial charge in [0.05, 0.1) is 12.7 Å². The summed E-state index contributed by atoms with van der Waals surface area (Å²) in [5.74, 6) is -1.29. The molecule has 0 saturated heterocycles. The summed E-state index contributed by atoms with van der Waals surface area (Å²) >= 11 is 0. The van der Waals surface area contributed by atoms with Crippen LogP contribution in [-0.4, -0.2) is 23.5 Å². The summed E-state index contributed by atoms with van der Waals surface area (Å²) in [6.45, 7) is 5.89. The third-order valence-electron chi connectivity index (χ3n) is 6.50. The molecule has 0 fully saturated rings. The first kappa shape index (κ1) is 26.9. The van der Waals surface area contributed by atoms with Crippen LogP contribution < -0.4 is 4.74 Å². The molecule has 0 bridgehead atoms. The average Bonchev–Trinajstić information content (AvgIpc) is 2.86. The third kappa shape index (κ3) is 6.11. The zero-order valence-corrected chi connectivity index (χ0v) is 19.9. The number of rotatable bonds is 10. The molecule has 0 aliphatic carbocycles. The van der Waals surface area contributed by atoms with Gasteiger partial charge in [-0.2, -0.15) is 13.2 Å². The molecule has 3 atom stereocenters. The molecule has 0 unspecified atom stereocenters. The Kier molecular flexibility index (Phi) is 8.50. The van der Waals surface area contributed by atoms with Crippen molar-refractivity contribution in [3.8, 4) is 11.5 Å². The molecule has 1 N–H and O–H groups in total. The molecule has 0 aliphatic heterocycles. The van der Waals surface area contributed by atoms with Crippen LogP contribution in [0.25, 0.3) is 0 Å². The van der Waals surface area contributed by atoms with Gasteiger partial charge in [0.25, 0.3) is 0 Å². The lowest BCUT2D eigenvalue weighted by Gasteiger charge is -2.32. The highest BCUT2D eigenvalue weighted by Gasteiger charge is 2.32. The van der Waals surface area contributed by atoms with Crippen molar-refractivity contribution in [2.75, 3.05) is 7.11 Å². The van der Waals surface area contributed by atoms with Gasteiger partial charge >= 0.3 is 6.18 Å². The summed E-state index contributed by atoms with van der Waals surface area (Å²) in [4.78, 5) is 15.3. The summed E-state index contributed by atoms with van der Waals surface area (Å²) in [5, 5.41) is 10.5. The van der Waals surface area contributed by atoms with Gasteiger partial charge in [-0.3, -0.25) is 4.79 Å². The minimum atomic E-state index is -4.42. The Morgan fingerprint density at radius 2 is 1.64 bits per heavy atom. The van der Waals surface area contributed by atoms with Crippen molar-refractivity contribution < 1.29 is 32.2 Å². The Bertz CT molecular complexity index is 1190. The van der Waals surface area contributed by atoms with Gasteiger partial charge in [0, 0.05) is 11.8 Å². The van der Waals surface area contributed by atoms with Crippen molar-refractivity contribution in [1.82, 2.24) is 4.98 Å². The molecule has 0 radical (unpaired) electrons. The van der Waals surface area contributed by atoms with E-state index >= 15 is 0 Å². The highest BCUT2D eigenvalue weighted by Crippen LogP contribution is 2.42. The number of halogens is 4. The van der Waals surface area contributed by atoms with Crippen LogP contribution in [0, 0.1) is 17.7 Å². The predicted molar refractivity (Wildman–Crippen MR) is 129 cm³/mol. The zero-order chi connectivity index (χ0) is 26.5. The van der Waals surface area contributed by atoms with Crippen LogP contribution in [0.1, 0.15) is 45.6 Å². The molecule has 0 spiro atoms. The van der Waals surface area contributed by atoms with Gasteiger partial charge in [-0.25, -0.2) is 9.37 Å². The smallest absolute Gasteiger partial charge is 0.416 e. The quantitative estimate of drug-likeness (QED) is 0.189. The number of benzene rings is 2. The normalized spacial score (nSPS) is 14.1. The fourth-order valence-electron chi connectivity index (χ4n) is 4.47. The molecule has 0 aliphatic rings. The lowest BCUT2D eigenvalue weighted by molar-refractivity contribution is -0.137. The van der Waals surface area contributed by atoms with E-state index in [2.05, 4.69) is 11.6 Å². The molecule has 0 amide bonds. The number of carbonyl (C=O) groups excluding carboxylic acids is 1. The van der Waals surface area contributed by atoms with Gasteiger partial charge in [0.2, 0.25) is 0 Å². The number of alkyl halides is 3. The van der Waals surface area contributed by atoms with E-state index in [1.807, 2.05) is 6.92 Å². The number of ether oxygens (including phenoxy) is 1. The van der Waals surface area contributed by atoms with E-state index in [4.69, 9.17) is 4.74 Å². The monoisotopic (exact) mass is 501 g/mol. The maximum absolute atomic E-state index is 13.5. The van der Waals surface area contributed by atoms with Crippen LogP contribution in [0.3, 0.4) is 0 Å². The van der Waals surface area contributed by atoms with E-state index < -0.39 is 11.7 Å². The maximum atomic E-state index is 13.5. The van der Waals surface area contributed by atoms with Crippen LogP contribution in [0.2, 0.25) is 0 Å². The molecule has 3 aromatic rings. The molecule has 3 rings (SSSR count). The second-order valence-corrected chi connectivity index (χ2v) is 8.68. The summed E-state index contributed by atoms with van der Waals surface area (Å²) in [5.41, 5.74) is 1.25. The molecular weight excluding hydrogens is 474 g/mol. The molecule has 0 saturated carbocycles. The Morgan fingerprint density at radius 3 is 2.17 bits per heavy atom. The predicted octanol–water partition coefficient (Wildman–Crippen LogP) is 6.77. The number of methoxy groups -OCH3 is 1. The number of pyridine rings is 1. The number of nitrogens with zero attached hydrogens (tertiary/aromatic N) is 1. The third-order valence-corrected chi connectivity index (χ3v) is 6.50. The number of aromatic hydroxyl groups is 1. The van der Waals surface area contributed by atoms with E-state index in [9.17, 15) is 27.5 Å². The fourth-order valence-corrected chi connectivity index (χ4v) is 4.47. The number of hydrogen-bond donors (Lipinski definition) is 1. The summed E-state index contributed by atoms with van der Waals surface area (Å²) < 4.78 is 57.9. The number of aromatic nitrogens is 1. The van der Waals surface area contributed by atoms with Gasteiger partial charge in [0.15, 0.2) is 17.8 Å². The standard InChI is InChI=1S/C28H27F4NO3/c1-4-20(13-18-5-9-21(10-6-18)28(30,31)32)23(14-19-7-11-22(29)12-8-19)17(2)24-15-33-25(16-34)26(35)27(24)36-3/h4-12,15-17,20,23,35H,1,13-14H2,2-3H3/t17-,20+,23-/m0/s1. The van der Waals surface area contributed by atoms with Gasteiger partial charge in [-0.05, 0) is 66.0 Å². The second-order valence-electron chi connectivity index (χ2n) is 8.68. The van der Waals surface area contributed by atoms with E-state index in [0.717, 1.165) is 17.7 Å². The Morgan fingerprint density at radius 1 is 1.06 bits per heavy atom. The number of aldehydes is 1. The van der Waals surface area contributed by atoms with Gasteiger partial charge in [0.1, 0.15) is 11.5 Å². The summed E-state index contributed by atoms with van der Waals surface area (Å²) in [7, 11) is 1.38. The van der Waals surface area contributed by atoms with Crippen LogP contribution in [-0.2, 0) is 19.0 Å². The lowest BCUT2D eigenvalue weighted by Crippen LogP contribution is -2.24. The molecule has 4 nitrogen and oxygen atoms in total. The highest BCUT2D eigenvalue weighted by molar-refractivity contribution is 5.78. The maximum Gasteiger partial charge on any atom is 0.416 e. The molecular formula is C28H27F4NO3. The van der Waals surface area contributed by atoms with Crippen LogP contribution >= 0.6 is 0 Å². The van der Waals surface area contributed by atoms with Gasteiger partial charge in [-0.1, -0.05) is 37.3 Å². The SMILES string of the molecule is C=C[C@H](Cc1ccc(C(F)(F)F)cc1)[C@@H](Cc1ccc(F)cc1)[C@H](C)c1cnc(C=O)c(O)c1OC. The Labute approximate surface area is 207 Å². The highest BCUT2D eigenvalue weighted by atomic mass is 19.4. The van der Waals surface area contributed by atoms with E-state index in [0.29, 0.717) is 30.3 Å². The summed E-state index contributed by atoms with van der Waals surface area (Å²) in [6.07, 6.45) is 0.129. The molecule has 190 valence electrons. The minimum Gasteiger partial charge on any atom is -0.503 e. The van der Waals surface area contributed by atoms with Gasteiger partial charge < -0.3 is 9.84 Å². The topological polar surface area (TPSA) is 59.4 Å². The number of allylic oxidation sites excluding steroid dienone is 1. The van der Waals surface area contributed by atoms with Crippen molar-refractivity contribution in [3.63, 3.8) is 0 Å². The Hall–Kier alpha value is -3.68. The Balaban J connectivity index is 2.00. The second kappa shape index (κ2) is 11.4. The van der Waals surface area contributed by atoms with Crippen LogP contribution in [0.5, 0.6) is 11.5 Å². The molecule has 1 heterocycles. The van der Waals surface area contributed by atoms with Gasteiger partial charge in [-0.15, -0.1) is 6.58 Å². The molecule has 2 aromatic carbocycles. The van der Waals surface area contributed by atoms with E-state index in [1.165, 1.54) is 37.6 Å². The first-order valence-electron chi connectivity index (χ1n) is 11.3. The minimum absolute atomic E-state index is 0.126.